The lowest BCUT2D eigenvalue weighted by Crippen LogP contribution is -2.25. The topological polar surface area (TPSA) is 97.2 Å². The van der Waals surface area contributed by atoms with Crippen LogP contribution in [-0.2, 0) is 18.3 Å². The van der Waals surface area contributed by atoms with E-state index < -0.39 is 0 Å². The maximum Gasteiger partial charge on any atom is 0.348 e. The fourth-order valence-electron chi connectivity index (χ4n) is 4.73. The number of methoxy groups -OCH3 is 1. The Morgan fingerprint density at radius 3 is 2.71 bits per heavy atom. The van der Waals surface area contributed by atoms with Gasteiger partial charge in [-0.05, 0) is 49.6 Å². The van der Waals surface area contributed by atoms with Gasteiger partial charge in [0.15, 0.2) is 5.58 Å². The van der Waals surface area contributed by atoms with Crippen molar-refractivity contribution in [2.75, 3.05) is 13.7 Å². The number of fused-ring (bicyclic) bond motifs is 3. The third-order valence-electron chi connectivity index (χ3n) is 6.54. The largest absolute Gasteiger partial charge is 0.497 e. The standard InChI is InChI=1S/C26H25N5O4/c1-30-15-18(14-28-30)17-12-21-23-24(35-25(21)27-13-17)22(16-5-7-19(33-2)8-6-16)29-26(32)31(23)10-9-20-4-3-11-34-20/h5-8,12-15,20H,3-4,9-11H2,1-2H3. The van der Waals surface area contributed by atoms with Gasteiger partial charge in [-0.3, -0.25) is 9.25 Å². The van der Waals surface area contributed by atoms with Crippen molar-refractivity contribution >= 4 is 22.2 Å². The molecule has 0 amide bonds. The third kappa shape index (κ3) is 3.87. The number of hydrogen-bond acceptors (Lipinski definition) is 7. The van der Waals surface area contributed by atoms with E-state index in [1.807, 2.05) is 43.6 Å². The van der Waals surface area contributed by atoms with Crippen molar-refractivity contribution in [2.24, 2.45) is 7.05 Å². The van der Waals surface area contributed by atoms with Crippen molar-refractivity contribution in [1.82, 2.24) is 24.3 Å². The number of benzene rings is 1. The van der Waals surface area contributed by atoms with Gasteiger partial charge in [0.05, 0.1) is 24.8 Å². The van der Waals surface area contributed by atoms with Crippen LogP contribution in [0.3, 0.4) is 0 Å². The second kappa shape index (κ2) is 8.66. The Bertz CT molecular complexity index is 1580. The molecule has 0 spiro atoms. The van der Waals surface area contributed by atoms with Crippen molar-refractivity contribution in [3.05, 3.63) is 59.4 Å². The van der Waals surface area contributed by atoms with Crippen molar-refractivity contribution in [3.63, 3.8) is 0 Å². The molecular weight excluding hydrogens is 446 g/mol. The highest BCUT2D eigenvalue weighted by atomic mass is 16.5. The van der Waals surface area contributed by atoms with Crippen LogP contribution in [0.15, 0.2) is 58.1 Å². The molecule has 5 heterocycles. The summed E-state index contributed by atoms with van der Waals surface area (Å²) in [6.07, 6.45) is 8.43. The zero-order valence-electron chi connectivity index (χ0n) is 19.6. The summed E-state index contributed by atoms with van der Waals surface area (Å²) in [5, 5.41) is 5.04. The Labute approximate surface area is 200 Å². The van der Waals surface area contributed by atoms with E-state index in [2.05, 4.69) is 15.1 Å². The Hall–Kier alpha value is -3.98. The summed E-state index contributed by atoms with van der Waals surface area (Å²) in [6, 6.07) is 9.43. The van der Waals surface area contributed by atoms with E-state index in [4.69, 9.17) is 13.9 Å². The number of aryl methyl sites for hydroxylation is 2. The van der Waals surface area contributed by atoms with E-state index in [1.54, 1.807) is 28.8 Å². The number of aromatic nitrogens is 5. The first-order valence-corrected chi connectivity index (χ1v) is 11.7. The van der Waals surface area contributed by atoms with Crippen LogP contribution >= 0.6 is 0 Å². The fourth-order valence-corrected chi connectivity index (χ4v) is 4.73. The molecule has 1 aromatic carbocycles. The highest BCUT2D eigenvalue weighted by Gasteiger charge is 2.22. The summed E-state index contributed by atoms with van der Waals surface area (Å²) in [6.45, 7) is 1.26. The van der Waals surface area contributed by atoms with Crippen LogP contribution in [0.25, 0.3) is 44.6 Å². The molecule has 35 heavy (non-hydrogen) atoms. The molecule has 5 aromatic rings. The normalized spacial score (nSPS) is 15.9. The molecular formula is C26H25N5O4. The Kier molecular flexibility index (Phi) is 5.33. The van der Waals surface area contributed by atoms with Crippen molar-refractivity contribution in [3.8, 4) is 28.1 Å². The monoisotopic (exact) mass is 471 g/mol. The Balaban J connectivity index is 1.56. The average molecular weight is 472 g/mol. The predicted molar refractivity (Wildman–Crippen MR) is 131 cm³/mol. The van der Waals surface area contributed by atoms with E-state index in [9.17, 15) is 4.79 Å². The summed E-state index contributed by atoms with van der Waals surface area (Å²) in [4.78, 5) is 22.4. The van der Waals surface area contributed by atoms with Crippen LogP contribution in [0, 0.1) is 0 Å². The number of ether oxygens (including phenoxy) is 2. The van der Waals surface area contributed by atoms with Crippen LogP contribution in [0.5, 0.6) is 5.75 Å². The second-order valence-electron chi connectivity index (χ2n) is 8.81. The quantitative estimate of drug-likeness (QED) is 0.366. The van der Waals surface area contributed by atoms with Gasteiger partial charge in [-0.15, -0.1) is 0 Å². The number of rotatable bonds is 6. The molecule has 1 fully saturated rings. The lowest BCUT2D eigenvalue weighted by atomic mass is 10.1. The van der Waals surface area contributed by atoms with Gasteiger partial charge >= 0.3 is 5.69 Å². The molecule has 1 aliphatic heterocycles. The maximum absolute atomic E-state index is 13.4. The number of pyridine rings is 1. The predicted octanol–water partition coefficient (Wildman–Crippen LogP) is 4.18. The van der Waals surface area contributed by atoms with E-state index >= 15 is 0 Å². The molecule has 178 valence electrons. The zero-order valence-corrected chi connectivity index (χ0v) is 19.6. The molecule has 0 bridgehead atoms. The van der Waals surface area contributed by atoms with Gasteiger partial charge in [0.2, 0.25) is 5.71 Å². The zero-order chi connectivity index (χ0) is 23.9. The molecule has 9 heteroatoms. The molecule has 6 rings (SSSR count). The molecule has 4 aromatic heterocycles. The number of hydrogen-bond donors (Lipinski definition) is 0. The summed E-state index contributed by atoms with van der Waals surface area (Å²) >= 11 is 0. The van der Waals surface area contributed by atoms with E-state index in [0.29, 0.717) is 29.1 Å². The summed E-state index contributed by atoms with van der Waals surface area (Å²) < 4.78 is 20.8. The minimum absolute atomic E-state index is 0.153. The number of furan rings is 1. The molecule has 0 radical (unpaired) electrons. The summed E-state index contributed by atoms with van der Waals surface area (Å²) in [7, 11) is 3.49. The first-order valence-electron chi connectivity index (χ1n) is 11.7. The van der Waals surface area contributed by atoms with Crippen LogP contribution in [0.1, 0.15) is 19.3 Å². The van der Waals surface area contributed by atoms with E-state index in [0.717, 1.165) is 53.7 Å². The Morgan fingerprint density at radius 2 is 2.00 bits per heavy atom. The lowest BCUT2D eigenvalue weighted by Gasteiger charge is -2.13. The van der Waals surface area contributed by atoms with Gasteiger partial charge in [-0.25, -0.2) is 9.78 Å². The van der Waals surface area contributed by atoms with Crippen LogP contribution < -0.4 is 10.4 Å². The molecule has 1 atom stereocenters. The van der Waals surface area contributed by atoms with Crippen LogP contribution in [0.2, 0.25) is 0 Å². The highest BCUT2D eigenvalue weighted by molar-refractivity contribution is 6.06. The molecule has 0 N–H and O–H groups in total. The van der Waals surface area contributed by atoms with E-state index in [-0.39, 0.29) is 11.8 Å². The maximum atomic E-state index is 13.4. The fraction of sp³-hybridized carbons (Fsp3) is 0.308. The SMILES string of the molecule is COc1ccc(-c2nc(=O)n(CCC3CCCO3)c3c2oc2ncc(-c4cnn(C)c4)cc23)cc1. The first-order chi connectivity index (χ1) is 17.1. The van der Waals surface area contributed by atoms with E-state index in [1.165, 1.54) is 0 Å². The second-order valence-corrected chi connectivity index (χ2v) is 8.81. The minimum Gasteiger partial charge on any atom is -0.497 e. The number of nitrogens with zero attached hydrogens (tertiary/aromatic N) is 5. The minimum atomic E-state index is -0.323. The smallest absolute Gasteiger partial charge is 0.348 e. The highest BCUT2D eigenvalue weighted by Crippen LogP contribution is 2.35. The molecule has 1 saturated heterocycles. The first kappa shape index (κ1) is 21.5. The van der Waals surface area contributed by atoms with Crippen molar-refractivity contribution in [2.45, 2.75) is 31.9 Å². The summed E-state index contributed by atoms with van der Waals surface area (Å²) in [5.74, 6) is 0.724. The average Bonchev–Trinajstić information content (AvgIpc) is 3.63. The van der Waals surface area contributed by atoms with Crippen molar-refractivity contribution in [1.29, 1.82) is 0 Å². The van der Waals surface area contributed by atoms with Crippen molar-refractivity contribution < 1.29 is 13.9 Å². The van der Waals surface area contributed by atoms with Crippen LogP contribution in [-0.4, -0.2) is 44.1 Å². The Morgan fingerprint density at radius 1 is 1.14 bits per heavy atom. The summed E-state index contributed by atoms with van der Waals surface area (Å²) in [5.41, 5.74) is 4.46. The van der Waals surface area contributed by atoms with Gasteiger partial charge in [0, 0.05) is 49.3 Å². The van der Waals surface area contributed by atoms with Gasteiger partial charge in [0.25, 0.3) is 0 Å². The van der Waals surface area contributed by atoms with Crippen LogP contribution in [0.4, 0.5) is 0 Å². The lowest BCUT2D eigenvalue weighted by molar-refractivity contribution is 0.100. The molecule has 0 saturated carbocycles. The molecule has 1 unspecified atom stereocenters. The van der Waals surface area contributed by atoms with Gasteiger partial charge in [0.1, 0.15) is 17.0 Å². The van der Waals surface area contributed by atoms with Gasteiger partial charge in [-0.1, -0.05) is 0 Å². The van der Waals surface area contributed by atoms with Gasteiger partial charge < -0.3 is 13.9 Å². The third-order valence-corrected chi connectivity index (χ3v) is 6.54. The molecule has 9 nitrogen and oxygen atoms in total. The van der Waals surface area contributed by atoms with Gasteiger partial charge in [-0.2, -0.15) is 10.1 Å². The molecule has 1 aliphatic rings. The molecule has 0 aliphatic carbocycles.